The van der Waals surface area contributed by atoms with E-state index in [1.807, 2.05) is 21.4 Å². The van der Waals surface area contributed by atoms with E-state index in [1.165, 1.54) is 0 Å². The van der Waals surface area contributed by atoms with Crippen LogP contribution in [0.2, 0.25) is 0 Å². The highest BCUT2D eigenvalue weighted by atomic mass is 16.5. The zero-order valence-electron chi connectivity index (χ0n) is 17.1. The second kappa shape index (κ2) is 7.27. The standard InChI is InChI=1S/C20H30N6O3/c1-23-14-21-22-17(23)16-12-26(18(27)15-2-3-15)13-20(16)4-6-24(7-5-20)19(28)25-8-10-29-11-9-25/h14-16H,2-13H2,1H3. The number of carbonyl (C=O) groups is 2. The van der Waals surface area contributed by atoms with Crippen molar-refractivity contribution < 1.29 is 14.3 Å². The molecule has 0 bridgehead atoms. The summed E-state index contributed by atoms with van der Waals surface area (Å²) in [5, 5.41) is 8.49. The van der Waals surface area contributed by atoms with Gasteiger partial charge >= 0.3 is 6.03 Å². The number of carbonyl (C=O) groups excluding carboxylic acids is 2. The lowest BCUT2D eigenvalue weighted by molar-refractivity contribution is -0.132. The number of morpholine rings is 1. The van der Waals surface area contributed by atoms with E-state index in [4.69, 9.17) is 4.74 Å². The van der Waals surface area contributed by atoms with Crippen molar-refractivity contribution in [2.45, 2.75) is 31.6 Å². The van der Waals surface area contributed by atoms with Gasteiger partial charge in [0, 0.05) is 63.6 Å². The Morgan fingerprint density at radius 1 is 1.07 bits per heavy atom. The van der Waals surface area contributed by atoms with Gasteiger partial charge in [-0.15, -0.1) is 10.2 Å². The Hall–Kier alpha value is -2.16. The molecule has 4 aliphatic rings. The molecule has 0 radical (unpaired) electrons. The normalized spacial score (nSPS) is 26.9. The number of likely N-dealkylation sites (tertiary alicyclic amines) is 2. The second-order valence-corrected chi connectivity index (χ2v) is 9.08. The van der Waals surface area contributed by atoms with E-state index in [2.05, 4.69) is 15.1 Å². The van der Waals surface area contributed by atoms with E-state index < -0.39 is 0 Å². The molecule has 9 heteroatoms. The van der Waals surface area contributed by atoms with Gasteiger partial charge in [-0.3, -0.25) is 4.79 Å². The Morgan fingerprint density at radius 2 is 1.76 bits per heavy atom. The highest BCUT2D eigenvalue weighted by molar-refractivity contribution is 5.81. The van der Waals surface area contributed by atoms with Gasteiger partial charge in [0.2, 0.25) is 5.91 Å². The summed E-state index contributed by atoms with van der Waals surface area (Å²) in [5.74, 6) is 1.68. The van der Waals surface area contributed by atoms with Gasteiger partial charge in [0.25, 0.3) is 0 Å². The van der Waals surface area contributed by atoms with Crippen molar-refractivity contribution in [2.24, 2.45) is 18.4 Å². The summed E-state index contributed by atoms with van der Waals surface area (Å²) >= 11 is 0. The SMILES string of the molecule is Cn1cnnc1C1CN(C(=O)C2CC2)CC12CCN(C(=O)N1CCOCC1)CC2. The molecule has 1 aromatic rings. The van der Waals surface area contributed by atoms with Crippen molar-refractivity contribution >= 4 is 11.9 Å². The van der Waals surface area contributed by atoms with Crippen LogP contribution in [0, 0.1) is 11.3 Å². The van der Waals surface area contributed by atoms with Gasteiger partial charge in [0.1, 0.15) is 12.2 Å². The lowest BCUT2D eigenvalue weighted by Gasteiger charge is -2.43. The molecule has 1 aliphatic carbocycles. The number of aromatic nitrogens is 3. The summed E-state index contributed by atoms with van der Waals surface area (Å²) in [6, 6.07) is 0.127. The number of rotatable bonds is 2. The van der Waals surface area contributed by atoms with Crippen molar-refractivity contribution in [1.29, 1.82) is 0 Å². The molecule has 1 atom stereocenters. The summed E-state index contributed by atoms with van der Waals surface area (Å²) in [6.07, 6.45) is 5.59. The molecule has 158 valence electrons. The summed E-state index contributed by atoms with van der Waals surface area (Å²) in [7, 11) is 1.98. The van der Waals surface area contributed by atoms with Crippen LogP contribution < -0.4 is 0 Å². The van der Waals surface area contributed by atoms with Gasteiger partial charge in [-0.05, 0) is 25.7 Å². The van der Waals surface area contributed by atoms with Crippen LogP contribution in [0.15, 0.2) is 6.33 Å². The summed E-state index contributed by atoms with van der Waals surface area (Å²) in [5.41, 5.74) is -0.0207. The zero-order valence-corrected chi connectivity index (χ0v) is 17.1. The van der Waals surface area contributed by atoms with Crippen LogP contribution in [0.5, 0.6) is 0 Å². The molecule has 3 saturated heterocycles. The van der Waals surface area contributed by atoms with Crippen LogP contribution in [0.25, 0.3) is 0 Å². The van der Waals surface area contributed by atoms with Crippen LogP contribution in [0.3, 0.4) is 0 Å². The summed E-state index contributed by atoms with van der Waals surface area (Å²) < 4.78 is 7.36. The first-order valence-electron chi connectivity index (χ1n) is 10.8. The highest BCUT2D eigenvalue weighted by Crippen LogP contribution is 2.50. The topological polar surface area (TPSA) is 83.8 Å². The van der Waals surface area contributed by atoms with Crippen LogP contribution in [-0.4, -0.2) is 93.9 Å². The molecule has 1 saturated carbocycles. The Kier molecular flexibility index (Phi) is 4.72. The molecule has 29 heavy (non-hydrogen) atoms. The number of urea groups is 1. The van der Waals surface area contributed by atoms with Gasteiger partial charge < -0.3 is 24.0 Å². The minimum absolute atomic E-state index is 0.0207. The van der Waals surface area contributed by atoms with E-state index >= 15 is 0 Å². The minimum atomic E-state index is -0.0207. The molecule has 1 unspecified atom stereocenters. The van der Waals surface area contributed by atoms with Crippen molar-refractivity contribution in [3.8, 4) is 0 Å². The molecule has 0 N–H and O–H groups in total. The molecule has 0 aromatic carbocycles. The zero-order chi connectivity index (χ0) is 20.0. The van der Waals surface area contributed by atoms with Crippen LogP contribution in [-0.2, 0) is 16.6 Å². The lowest BCUT2D eigenvalue weighted by atomic mass is 9.70. The van der Waals surface area contributed by atoms with E-state index in [9.17, 15) is 9.59 Å². The largest absolute Gasteiger partial charge is 0.378 e. The second-order valence-electron chi connectivity index (χ2n) is 9.08. The number of hydrogen-bond acceptors (Lipinski definition) is 5. The fourth-order valence-corrected chi connectivity index (χ4v) is 5.29. The third kappa shape index (κ3) is 3.39. The van der Waals surface area contributed by atoms with Crippen LogP contribution >= 0.6 is 0 Å². The van der Waals surface area contributed by atoms with Crippen molar-refractivity contribution in [3.05, 3.63) is 12.2 Å². The number of ether oxygens (including phenoxy) is 1. The average molecular weight is 402 g/mol. The van der Waals surface area contributed by atoms with E-state index in [0.29, 0.717) is 32.2 Å². The summed E-state index contributed by atoms with van der Waals surface area (Å²) in [6.45, 7) is 5.55. The minimum Gasteiger partial charge on any atom is -0.378 e. The smallest absolute Gasteiger partial charge is 0.320 e. The van der Waals surface area contributed by atoms with E-state index in [-0.39, 0.29) is 23.3 Å². The molecule has 3 aliphatic heterocycles. The third-order valence-corrected chi connectivity index (χ3v) is 7.26. The fourth-order valence-electron chi connectivity index (χ4n) is 5.29. The average Bonchev–Trinajstić information content (AvgIpc) is 3.43. The van der Waals surface area contributed by atoms with E-state index in [0.717, 1.165) is 57.7 Å². The molecule has 9 nitrogen and oxygen atoms in total. The molecule has 1 aromatic heterocycles. The highest BCUT2D eigenvalue weighted by Gasteiger charge is 2.53. The number of amides is 3. The van der Waals surface area contributed by atoms with Gasteiger partial charge in [0.05, 0.1) is 13.2 Å². The number of aryl methyl sites for hydroxylation is 1. The molecule has 1 spiro atoms. The Bertz CT molecular complexity index is 777. The predicted octanol–water partition coefficient (Wildman–Crippen LogP) is 0.685. The molecule has 4 heterocycles. The Morgan fingerprint density at radius 3 is 2.38 bits per heavy atom. The first-order valence-corrected chi connectivity index (χ1v) is 10.8. The number of piperidine rings is 1. The van der Waals surface area contributed by atoms with E-state index in [1.54, 1.807) is 6.33 Å². The Labute approximate surface area is 171 Å². The third-order valence-electron chi connectivity index (χ3n) is 7.26. The molecule has 3 amide bonds. The van der Waals surface area contributed by atoms with Crippen molar-refractivity contribution in [3.63, 3.8) is 0 Å². The van der Waals surface area contributed by atoms with Crippen molar-refractivity contribution in [2.75, 3.05) is 52.5 Å². The maximum Gasteiger partial charge on any atom is 0.320 e. The van der Waals surface area contributed by atoms with Gasteiger partial charge in [-0.1, -0.05) is 0 Å². The quantitative estimate of drug-likeness (QED) is 0.727. The maximum atomic E-state index is 12.9. The lowest BCUT2D eigenvalue weighted by Crippen LogP contribution is -2.53. The van der Waals surface area contributed by atoms with Crippen LogP contribution in [0.1, 0.15) is 37.4 Å². The molecular formula is C20H30N6O3. The molecule has 4 fully saturated rings. The first kappa shape index (κ1) is 18.8. The predicted molar refractivity (Wildman–Crippen MR) is 104 cm³/mol. The number of nitrogens with zero attached hydrogens (tertiary/aromatic N) is 6. The summed E-state index contributed by atoms with van der Waals surface area (Å²) in [4.78, 5) is 31.7. The van der Waals surface area contributed by atoms with Gasteiger partial charge in [-0.25, -0.2) is 4.79 Å². The molecular weight excluding hydrogens is 372 g/mol. The van der Waals surface area contributed by atoms with Crippen molar-refractivity contribution in [1.82, 2.24) is 29.5 Å². The number of hydrogen-bond donors (Lipinski definition) is 0. The molecule has 5 rings (SSSR count). The fraction of sp³-hybridized carbons (Fsp3) is 0.800. The maximum absolute atomic E-state index is 12.9. The first-order chi connectivity index (χ1) is 14.1. The monoisotopic (exact) mass is 402 g/mol. The Balaban J connectivity index is 1.32. The van der Waals surface area contributed by atoms with Gasteiger partial charge in [-0.2, -0.15) is 0 Å². The van der Waals surface area contributed by atoms with Crippen LogP contribution in [0.4, 0.5) is 4.79 Å². The van der Waals surface area contributed by atoms with Gasteiger partial charge in [0.15, 0.2) is 0 Å².